The molecule has 2 rings (SSSR count). The Kier molecular flexibility index (Phi) is 7.10. The van der Waals surface area contributed by atoms with Gasteiger partial charge in [-0.25, -0.2) is 0 Å². The van der Waals surface area contributed by atoms with Crippen molar-refractivity contribution in [3.63, 3.8) is 0 Å². The summed E-state index contributed by atoms with van der Waals surface area (Å²) in [6, 6.07) is 3.29. The summed E-state index contributed by atoms with van der Waals surface area (Å²) in [6.07, 6.45) is -4.43. The molecule has 1 atom stereocenters. The predicted octanol–water partition coefficient (Wildman–Crippen LogP) is 1.20. The lowest BCUT2D eigenvalue weighted by atomic mass is 10.1. The highest BCUT2D eigenvalue weighted by Crippen LogP contribution is 2.28. The number of amides is 1. The Hall–Kier alpha value is -2.00. The topological polar surface area (TPSA) is 62.8 Å². The summed E-state index contributed by atoms with van der Waals surface area (Å²) in [5.74, 6) is 0.515. The van der Waals surface area contributed by atoms with Crippen molar-refractivity contribution in [2.75, 3.05) is 46.9 Å². The maximum absolute atomic E-state index is 13.3. The van der Waals surface area contributed by atoms with Crippen LogP contribution >= 0.6 is 0 Å². The molecule has 1 aromatic rings. The van der Waals surface area contributed by atoms with Gasteiger partial charge in [0.2, 0.25) is 5.91 Å². The van der Waals surface area contributed by atoms with E-state index in [0.717, 1.165) is 0 Å². The molecule has 1 amide bonds. The van der Waals surface area contributed by atoms with Crippen molar-refractivity contribution >= 4 is 5.91 Å². The van der Waals surface area contributed by atoms with E-state index in [2.05, 4.69) is 10.6 Å². The number of halogens is 3. The van der Waals surface area contributed by atoms with Crippen LogP contribution in [0.15, 0.2) is 18.2 Å². The van der Waals surface area contributed by atoms with Gasteiger partial charge in [-0.2, -0.15) is 13.2 Å². The third-order valence-corrected chi connectivity index (χ3v) is 4.28. The molecule has 0 bridgehead atoms. The van der Waals surface area contributed by atoms with Crippen molar-refractivity contribution in [3.05, 3.63) is 23.8 Å². The fourth-order valence-electron chi connectivity index (χ4n) is 2.89. The normalized spacial score (nSPS) is 16.8. The minimum Gasteiger partial charge on any atom is -0.493 e. The van der Waals surface area contributed by atoms with E-state index >= 15 is 0 Å². The van der Waals surface area contributed by atoms with E-state index in [-0.39, 0.29) is 6.42 Å². The van der Waals surface area contributed by atoms with Crippen molar-refractivity contribution in [2.45, 2.75) is 18.6 Å². The van der Waals surface area contributed by atoms with E-state index < -0.39 is 24.7 Å². The molecule has 1 aliphatic heterocycles. The van der Waals surface area contributed by atoms with E-state index in [1.807, 2.05) is 0 Å². The van der Waals surface area contributed by atoms with Gasteiger partial charge in [0.05, 0.1) is 20.6 Å². The second-order valence-electron chi connectivity index (χ2n) is 6.01. The highest BCUT2D eigenvalue weighted by Gasteiger charge is 2.43. The lowest BCUT2D eigenvalue weighted by Crippen LogP contribution is -2.57. The van der Waals surface area contributed by atoms with Gasteiger partial charge in [-0.1, -0.05) is 6.07 Å². The molecule has 2 N–H and O–H groups in total. The first-order valence-corrected chi connectivity index (χ1v) is 8.34. The zero-order chi connectivity index (χ0) is 19.2. The Morgan fingerprint density at radius 1 is 1.23 bits per heavy atom. The number of methoxy groups -OCH3 is 2. The largest absolute Gasteiger partial charge is 0.493 e. The minimum absolute atomic E-state index is 0.0352. The zero-order valence-corrected chi connectivity index (χ0v) is 14.9. The molecule has 6 nitrogen and oxygen atoms in total. The monoisotopic (exact) mass is 375 g/mol. The summed E-state index contributed by atoms with van der Waals surface area (Å²) >= 11 is 0. The van der Waals surface area contributed by atoms with Crippen molar-refractivity contribution < 1.29 is 27.4 Å². The number of hydrogen-bond acceptors (Lipinski definition) is 5. The Morgan fingerprint density at radius 2 is 1.88 bits per heavy atom. The number of carbonyl (C=O) groups excluding carboxylic acids is 1. The molecule has 146 valence electrons. The smallest absolute Gasteiger partial charge is 0.405 e. The number of piperazine rings is 1. The molecular weight excluding hydrogens is 351 g/mol. The lowest BCUT2D eigenvalue weighted by Gasteiger charge is -2.35. The molecule has 1 unspecified atom stereocenters. The standard InChI is InChI=1S/C17H24F3N3O3/c1-25-13-4-3-12(9-14(13)26-2)10-16(24)22-11-15(17(18,19)20)23-7-5-21-6-8-23/h3-4,9,15,21H,5-8,10-11H2,1-2H3,(H,22,24). The van der Waals surface area contributed by atoms with Gasteiger partial charge in [-0.3, -0.25) is 9.69 Å². The number of alkyl halides is 3. The number of hydrogen-bond donors (Lipinski definition) is 2. The molecule has 0 radical (unpaired) electrons. The molecule has 0 saturated carbocycles. The Balaban J connectivity index is 1.95. The number of rotatable bonds is 7. The first kappa shape index (κ1) is 20.3. The molecule has 9 heteroatoms. The third-order valence-electron chi connectivity index (χ3n) is 4.28. The van der Waals surface area contributed by atoms with Crippen LogP contribution in [0.5, 0.6) is 11.5 Å². The van der Waals surface area contributed by atoms with E-state index in [9.17, 15) is 18.0 Å². The minimum atomic E-state index is -4.39. The van der Waals surface area contributed by atoms with Gasteiger partial charge >= 0.3 is 6.18 Å². The van der Waals surface area contributed by atoms with Crippen LogP contribution in [0.4, 0.5) is 13.2 Å². The fraction of sp³-hybridized carbons (Fsp3) is 0.588. The highest BCUT2D eigenvalue weighted by atomic mass is 19.4. The van der Waals surface area contributed by atoms with Crippen LogP contribution in [0.2, 0.25) is 0 Å². The van der Waals surface area contributed by atoms with E-state index in [0.29, 0.717) is 43.2 Å². The van der Waals surface area contributed by atoms with Gasteiger partial charge in [0.15, 0.2) is 11.5 Å². The van der Waals surface area contributed by atoms with Crippen LogP contribution in [-0.2, 0) is 11.2 Å². The van der Waals surface area contributed by atoms with Crippen LogP contribution in [0.25, 0.3) is 0 Å². The van der Waals surface area contributed by atoms with Crippen LogP contribution < -0.4 is 20.1 Å². The van der Waals surface area contributed by atoms with Crippen molar-refractivity contribution in [3.8, 4) is 11.5 Å². The predicted molar refractivity (Wildman–Crippen MR) is 90.5 cm³/mol. The van der Waals surface area contributed by atoms with Gasteiger partial charge in [-0.05, 0) is 17.7 Å². The third kappa shape index (κ3) is 5.50. The summed E-state index contributed by atoms with van der Waals surface area (Å²) in [6.45, 7) is 1.15. The summed E-state index contributed by atoms with van der Waals surface area (Å²) < 4.78 is 50.2. The van der Waals surface area contributed by atoms with Crippen LogP contribution in [0.3, 0.4) is 0 Å². The lowest BCUT2D eigenvalue weighted by molar-refractivity contribution is -0.184. The van der Waals surface area contributed by atoms with Gasteiger partial charge in [0, 0.05) is 32.7 Å². The van der Waals surface area contributed by atoms with Gasteiger partial charge in [-0.15, -0.1) is 0 Å². The van der Waals surface area contributed by atoms with Gasteiger partial charge in [0.25, 0.3) is 0 Å². The molecule has 1 saturated heterocycles. The van der Waals surface area contributed by atoms with E-state index in [1.165, 1.54) is 19.1 Å². The van der Waals surface area contributed by atoms with Gasteiger partial charge in [0.1, 0.15) is 6.04 Å². The Morgan fingerprint density at radius 3 is 2.46 bits per heavy atom. The molecule has 1 aromatic carbocycles. The number of nitrogens with zero attached hydrogens (tertiary/aromatic N) is 1. The molecule has 1 aliphatic rings. The zero-order valence-electron chi connectivity index (χ0n) is 14.9. The second kappa shape index (κ2) is 9.09. The number of benzene rings is 1. The average molecular weight is 375 g/mol. The SMILES string of the molecule is COc1ccc(CC(=O)NCC(N2CCNCC2)C(F)(F)F)cc1OC. The summed E-state index contributed by atoms with van der Waals surface area (Å²) in [4.78, 5) is 13.5. The second-order valence-corrected chi connectivity index (χ2v) is 6.01. The van der Waals surface area contributed by atoms with Crippen molar-refractivity contribution in [2.24, 2.45) is 0 Å². The first-order valence-electron chi connectivity index (χ1n) is 8.34. The molecule has 1 fully saturated rings. The number of carbonyl (C=O) groups is 1. The number of nitrogens with one attached hydrogen (secondary N) is 2. The maximum atomic E-state index is 13.3. The number of ether oxygens (including phenoxy) is 2. The average Bonchev–Trinajstić information content (AvgIpc) is 2.61. The van der Waals surface area contributed by atoms with Crippen molar-refractivity contribution in [1.82, 2.24) is 15.5 Å². The summed E-state index contributed by atoms with van der Waals surface area (Å²) in [5, 5.41) is 5.43. The first-order chi connectivity index (χ1) is 12.3. The van der Waals surface area contributed by atoms with E-state index in [1.54, 1.807) is 18.2 Å². The van der Waals surface area contributed by atoms with Crippen LogP contribution in [0, 0.1) is 0 Å². The van der Waals surface area contributed by atoms with Gasteiger partial charge < -0.3 is 20.1 Å². The van der Waals surface area contributed by atoms with Crippen molar-refractivity contribution in [1.29, 1.82) is 0 Å². The fourth-order valence-corrected chi connectivity index (χ4v) is 2.89. The molecule has 26 heavy (non-hydrogen) atoms. The van der Waals surface area contributed by atoms with Crippen LogP contribution in [0.1, 0.15) is 5.56 Å². The maximum Gasteiger partial charge on any atom is 0.405 e. The molecule has 0 aliphatic carbocycles. The van der Waals surface area contributed by atoms with Crippen LogP contribution in [-0.4, -0.2) is 70.0 Å². The molecule has 0 aromatic heterocycles. The molecule has 0 spiro atoms. The molecule has 1 heterocycles. The Bertz CT molecular complexity index is 605. The quantitative estimate of drug-likeness (QED) is 0.750. The highest BCUT2D eigenvalue weighted by molar-refractivity contribution is 5.78. The van der Waals surface area contributed by atoms with E-state index in [4.69, 9.17) is 9.47 Å². The summed E-state index contributed by atoms with van der Waals surface area (Å²) in [5.41, 5.74) is 0.630. The Labute approximate surface area is 150 Å². The summed E-state index contributed by atoms with van der Waals surface area (Å²) in [7, 11) is 2.97. The molecular formula is C17H24F3N3O3.